The molecule has 0 atom stereocenters. The van der Waals surface area contributed by atoms with Crippen LogP contribution in [0.5, 0.6) is 0 Å². The third-order valence-electron chi connectivity index (χ3n) is 1.88. The average Bonchev–Trinajstić information content (AvgIpc) is 2.03. The summed E-state index contributed by atoms with van der Waals surface area (Å²) < 4.78 is 0. The quantitative estimate of drug-likeness (QED) is 0.716. The highest BCUT2D eigenvalue weighted by Gasteiger charge is 1.98. The molecule has 1 aromatic rings. The van der Waals surface area contributed by atoms with Crippen LogP contribution in [0.3, 0.4) is 0 Å². The van der Waals surface area contributed by atoms with Crippen LogP contribution in [0.1, 0.15) is 25.3 Å². The molecule has 0 amide bonds. The van der Waals surface area contributed by atoms with Crippen LogP contribution in [0.4, 0.5) is 5.69 Å². The lowest BCUT2D eigenvalue weighted by molar-refractivity contribution is 0.795. The van der Waals surface area contributed by atoms with Crippen molar-refractivity contribution in [3.63, 3.8) is 0 Å². The number of unbranched alkanes of at least 4 members (excludes halogenated alkanes) is 1. The fraction of sp³-hybridized carbons (Fsp3) is 0.400. The Morgan fingerprint density at radius 2 is 2.17 bits per heavy atom. The van der Waals surface area contributed by atoms with Gasteiger partial charge in [0.05, 0.1) is 0 Å². The van der Waals surface area contributed by atoms with Gasteiger partial charge in [-0.25, -0.2) is 0 Å². The van der Waals surface area contributed by atoms with Crippen LogP contribution in [0.25, 0.3) is 0 Å². The molecule has 12 heavy (non-hydrogen) atoms. The molecule has 0 aromatic heterocycles. The molecule has 0 saturated carbocycles. The Morgan fingerprint density at radius 3 is 2.75 bits per heavy atom. The fourth-order valence-corrected chi connectivity index (χ4v) is 1.42. The van der Waals surface area contributed by atoms with Crippen LogP contribution < -0.4 is 5.73 Å². The van der Waals surface area contributed by atoms with Gasteiger partial charge in [0.25, 0.3) is 0 Å². The first-order chi connectivity index (χ1) is 5.74. The van der Waals surface area contributed by atoms with Crippen molar-refractivity contribution in [2.24, 2.45) is 0 Å². The van der Waals surface area contributed by atoms with Crippen LogP contribution in [-0.2, 0) is 6.42 Å². The second-order valence-corrected chi connectivity index (χ2v) is 3.36. The number of rotatable bonds is 3. The van der Waals surface area contributed by atoms with Gasteiger partial charge in [-0.2, -0.15) is 0 Å². The van der Waals surface area contributed by atoms with E-state index in [1.54, 1.807) is 0 Å². The summed E-state index contributed by atoms with van der Waals surface area (Å²) in [4.78, 5) is 0. The van der Waals surface area contributed by atoms with Crippen molar-refractivity contribution < 1.29 is 0 Å². The highest BCUT2D eigenvalue weighted by Crippen LogP contribution is 2.20. The van der Waals surface area contributed by atoms with Crippen molar-refractivity contribution in [1.29, 1.82) is 0 Å². The van der Waals surface area contributed by atoms with Crippen molar-refractivity contribution >= 4 is 17.3 Å². The lowest BCUT2D eigenvalue weighted by Gasteiger charge is -2.03. The first-order valence-corrected chi connectivity index (χ1v) is 4.65. The zero-order chi connectivity index (χ0) is 8.97. The van der Waals surface area contributed by atoms with Gasteiger partial charge in [-0.05, 0) is 30.5 Å². The highest BCUT2D eigenvalue weighted by atomic mass is 35.5. The predicted octanol–water partition coefficient (Wildman–Crippen LogP) is 3.26. The summed E-state index contributed by atoms with van der Waals surface area (Å²) >= 11 is 5.99. The Hall–Kier alpha value is -0.690. The summed E-state index contributed by atoms with van der Waals surface area (Å²) in [7, 11) is 0. The van der Waals surface area contributed by atoms with Gasteiger partial charge in [-0.1, -0.05) is 31.0 Å². The number of nitrogen functional groups attached to an aromatic ring is 1. The average molecular weight is 184 g/mol. The monoisotopic (exact) mass is 183 g/mol. The summed E-state index contributed by atoms with van der Waals surface area (Å²) in [5.74, 6) is 0. The maximum atomic E-state index is 5.99. The molecular formula is C10H14ClN. The third-order valence-corrected chi connectivity index (χ3v) is 2.23. The molecule has 0 aliphatic rings. The smallest absolute Gasteiger partial charge is 0.0458 e. The van der Waals surface area contributed by atoms with Crippen molar-refractivity contribution in [3.8, 4) is 0 Å². The van der Waals surface area contributed by atoms with E-state index in [-0.39, 0.29) is 0 Å². The van der Waals surface area contributed by atoms with E-state index in [2.05, 4.69) is 6.92 Å². The summed E-state index contributed by atoms with van der Waals surface area (Å²) in [6.45, 7) is 2.17. The summed E-state index contributed by atoms with van der Waals surface area (Å²) in [5.41, 5.74) is 7.51. The zero-order valence-electron chi connectivity index (χ0n) is 7.31. The number of hydrogen-bond donors (Lipinski definition) is 1. The van der Waals surface area contributed by atoms with Crippen molar-refractivity contribution in [2.45, 2.75) is 26.2 Å². The Labute approximate surface area is 78.5 Å². The molecule has 1 rings (SSSR count). The molecule has 0 spiro atoms. The molecule has 0 radical (unpaired) electrons. The number of halogens is 1. The zero-order valence-corrected chi connectivity index (χ0v) is 8.06. The van der Waals surface area contributed by atoms with Crippen molar-refractivity contribution in [3.05, 3.63) is 28.8 Å². The number of anilines is 1. The molecule has 0 heterocycles. The lowest BCUT2D eigenvalue weighted by atomic mass is 10.1. The van der Waals surface area contributed by atoms with E-state index >= 15 is 0 Å². The molecule has 0 aliphatic carbocycles. The second-order valence-electron chi connectivity index (χ2n) is 2.95. The van der Waals surface area contributed by atoms with Crippen LogP contribution in [0.2, 0.25) is 5.02 Å². The minimum absolute atomic E-state index is 0.736. The Balaban J connectivity index is 2.72. The van der Waals surface area contributed by atoms with Gasteiger partial charge in [0.1, 0.15) is 0 Å². The number of hydrogen-bond acceptors (Lipinski definition) is 1. The van der Waals surface area contributed by atoms with Gasteiger partial charge in [0.15, 0.2) is 0 Å². The molecule has 2 heteroatoms. The molecule has 1 aromatic carbocycles. The van der Waals surface area contributed by atoms with E-state index in [1.807, 2.05) is 18.2 Å². The molecule has 0 saturated heterocycles. The minimum atomic E-state index is 0.736. The van der Waals surface area contributed by atoms with E-state index in [0.29, 0.717) is 0 Å². The molecule has 0 aliphatic heterocycles. The van der Waals surface area contributed by atoms with Gasteiger partial charge in [0.2, 0.25) is 0 Å². The number of nitrogens with two attached hydrogens (primary N) is 1. The molecular weight excluding hydrogens is 170 g/mol. The Morgan fingerprint density at radius 1 is 1.42 bits per heavy atom. The lowest BCUT2D eigenvalue weighted by Crippen LogP contribution is -1.89. The van der Waals surface area contributed by atoms with E-state index in [1.165, 1.54) is 18.4 Å². The normalized spacial score (nSPS) is 10.2. The molecule has 1 nitrogen and oxygen atoms in total. The predicted molar refractivity (Wildman–Crippen MR) is 54.5 cm³/mol. The number of aryl methyl sites for hydroxylation is 1. The standard InChI is InChI=1S/C10H14ClN/c1-2-3-4-8-5-6-9(12)7-10(8)11/h5-7H,2-4,12H2,1H3. The summed E-state index contributed by atoms with van der Waals surface area (Å²) in [6, 6.07) is 5.72. The largest absolute Gasteiger partial charge is 0.399 e. The topological polar surface area (TPSA) is 26.0 Å². The fourth-order valence-electron chi connectivity index (χ4n) is 1.13. The maximum Gasteiger partial charge on any atom is 0.0458 e. The van der Waals surface area contributed by atoms with Gasteiger partial charge >= 0.3 is 0 Å². The first kappa shape index (κ1) is 9.40. The Bertz CT molecular complexity index is 258. The molecule has 2 N–H and O–H groups in total. The van der Waals surface area contributed by atoms with Gasteiger partial charge in [0, 0.05) is 10.7 Å². The molecule has 66 valence electrons. The van der Waals surface area contributed by atoms with Crippen LogP contribution in [0, 0.1) is 0 Å². The van der Waals surface area contributed by atoms with Gasteiger partial charge < -0.3 is 5.73 Å². The van der Waals surface area contributed by atoms with Crippen LogP contribution in [0.15, 0.2) is 18.2 Å². The second kappa shape index (κ2) is 4.36. The van der Waals surface area contributed by atoms with Crippen molar-refractivity contribution in [1.82, 2.24) is 0 Å². The van der Waals surface area contributed by atoms with Gasteiger partial charge in [-0.15, -0.1) is 0 Å². The SMILES string of the molecule is CCCCc1ccc(N)cc1Cl. The van der Waals surface area contributed by atoms with Crippen molar-refractivity contribution in [2.75, 3.05) is 5.73 Å². The first-order valence-electron chi connectivity index (χ1n) is 4.28. The van der Waals surface area contributed by atoms with Crippen LogP contribution in [-0.4, -0.2) is 0 Å². The van der Waals surface area contributed by atoms with E-state index in [4.69, 9.17) is 17.3 Å². The molecule has 0 bridgehead atoms. The highest BCUT2D eigenvalue weighted by molar-refractivity contribution is 6.31. The maximum absolute atomic E-state index is 5.99. The third kappa shape index (κ3) is 2.42. The minimum Gasteiger partial charge on any atom is -0.399 e. The Kier molecular flexibility index (Phi) is 3.42. The summed E-state index contributed by atoms with van der Waals surface area (Å²) in [5, 5.41) is 0.795. The summed E-state index contributed by atoms with van der Waals surface area (Å²) in [6.07, 6.45) is 3.43. The van der Waals surface area contributed by atoms with Crippen LogP contribution >= 0.6 is 11.6 Å². The molecule has 0 unspecified atom stereocenters. The van der Waals surface area contributed by atoms with Gasteiger partial charge in [-0.3, -0.25) is 0 Å². The number of benzene rings is 1. The van der Waals surface area contributed by atoms with E-state index in [0.717, 1.165) is 17.1 Å². The molecule has 0 fully saturated rings. The van der Waals surface area contributed by atoms with E-state index in [9.17, 15) is 0 Å². The van der Waals surface area contributed by atoms with E-state index < -0.39 is 0 Å².